The standard InChI is InChI=1S/C20H29/c1-15(2)10-8-11-16(3)14-18(5)19-17(4)12-9-13-20(19,6)7/h1,8,10-11,14H,9,12-13H2,2-7H3. The third-order valence-corrected chi connectivity index (χ3v) is 4.01. The van der Waals surface area contributed by atoms with Crippen LogP contribution in [0.4, 0.5) is 0 Å². The molecule has 0 amide bonds. The highest BCUT2D eigenvalue weighted by Crippen LogP contribution is 2.43. The molecule has 0 unspecified atom stereocenters. The van der Waals surface area contributed by atoms with E-state index in [1.807, 2.05) is 19.1 Å². The molecule has 0 aromatic carbocycles. The highest BCUT2D eigenvalue weighted by atomic mass is 14.3. The highest BCUT2D eigenvalue weighted by Gasteiger charge is 2.28. The van der Waals surface area contributed by atoms with Gasteiger partial charge in [0.1, 0.15) is 0 Å². The number of hydrogen-bond donors (Lipinski definition) is 0. The molecular weight excluding hydrogens is 240 g/mol. The van der Waals surface area contributed by atoms with E-state index in [1.54, 1.807) is 11.1 Å². The van der Waals surface area contributed by atoms with Crippen LogP contribution in [-0.4, -0.2) is 0 Å². The summed E-state index contributed by atoms with van der Waals surface area (Å²) in [5.74, 6) is 0. The molecule has 1 aliphatic rings. The first-order valence-electron chi connectivity index (χ1n) is 7.57. The van der Waals surface area contributed by atoms with Crippen LogP contribution in [0.1, 0.15) is 60.8 Å². The van der Waals surface area contributed by atoms with Crippen LogP contribution in [0.3, 0.4) is 0 Å². The van der Waals surface area contributed by atoms with Gasteiger partial charge in [-0.25, -0.2) is 0 Å². The van der Waals surface area contributed by atoms with Gasteiger partial charge in [-0.1, -0.05) is 61.4 Å². The maximum atomic E-state index is 5.63. The lowest BCUT2D eigenvalue weighted by Crippen LogP contribution is -2.21. The van der Waals surface area contributed by atoms with E-state index in [1.165, 1.54) is 30.4 Å². The van der Waals surface area contributed by atoms with Gasteiger partial charge in [-0.05, 0) is 63.5 Å². The Balaban J connectivity index is 3.01. The van der Waals surface area contributed by atoms with Crippen LogP contribution in [-0.2, 0) is 0 Å². The normalized spacial score (nSPS) is 20.7. The molecule has 0 nitrogen and oxygen atoms in total. The van der Waals surface area contributed by atoms with Crippen molar-refractivity contribution in [2.75, 3.05) is 0 Å². The van der Waals surface area contributed by atoms with Crippen molar-refractivity contribution in [2.45, 2.75) is 60.8 Å². The molecule has 0 saturated heterocycles. The molecule has 1 aliphatic carbocycles. The van der Waals surface area contributed by atoms with Crippen molar-refractivity contribution in [2.24, 2.45) is 5.41 Å². The SMILES string of the molecule is [CH]=C(C)C=CC=C(C)C=C(C)C1=C(C)CCCC1(C)C. The zero-order valence-electron chi connectivity index (χ0n) is 14.0. The second-order valence-electron chi connectivity index (χ2n) is 6.73. The average Bonchev–Trinajstić information content (AvgIpc) is 2.26. The molecule has 0 heteroatoms. The fourth-order valence-electron chi connectivity index (χ4n) is 3.31. The zero-order valence-corrected chi connectivity index (χ0v) is 14.0. The van der Waals surface area contributed by atoms with Crippen molar-refractivity contribution in [3.63, 3.8) is 0 Å². The summed E-state index contributed by atoms with van der Waals surface area (Å²) in [7, 11) is 0. The van der Waals surface area contributed by atoms with Gasteiger partial charge >= 0.3 is 0 Å². The van der Waals surface area contributed by atoms with Crippen LogP contribution in [0.2, 0.25) is 0 Å². The van der Waals surface area contributed by atoms with Crippen molar-refractivity contribution < 1.29 is 0 Å². The van der Waals surface area contributed by atoms with E-state index in [4.69, 9.17) is 6.58 Å². The van der Waals surface area contributed by atoms with Gasteiger partial charge in [0.25, 0.3) is 0 Å². The molecule has 0 fully saturated rings. The first-order valence-corrected chi connectivity index (χ1v) is 7.57. The third-order valence-electron chi connectivity index (χ3n) is 4.01. The second-order valence-corrected chi connectivity index (χ2v) is 6.73. The Morgan fingerprint density at radius 3 is 2.40 bits per heavy atom. The third kappa shape index (κ3) is 4.67. The predicted octanol–water partition coefficient (Wildman–Crippen LogP) is 6.34. The van der Waals surface area contributed by atoms with Crippen LogP contribution < -0.4 is 0 Å². The molecule has 0 aliphatic heterocycles. The molecule has 0 spiro atoms. The first-order chi connectivity index (χ1) is 9.24. The molecule has 20 heavy (non-hydrogen) atoms. The molecule has 0 aromatic rings. The average molecular weight is 269 g/mol. The van der Waals surface area contributed by atoms with E-state index < -0.39 is 0 Å². The quantitative estimate of drug-likeness (QED) is 0.522. The second kappa shape index (κ2) is 6.92. The maximum absolute atomic E-state index is 5.63. The number of rotatable bonds is 4. The molecule has 0 saturated carbocycles. The molecule has 0 aromatic heterocycles. The van der Waals surface area contributed by atoms with Gasteiger partial charge < -0.3 is 0 Å². The van der Waals surface area contributed by atoms with Gasteiger partial charge in [0.05, 0.1) is 0 Å². The van der Waals surface area contributed by atoms with Gasteiger partial charge in [-0.2, -0.15) is 0 Å². The Bertz CT molecular complexity index is 490. The number of allylic oxidation sites excluding steroid dienone is 9. The Hall–Kier alpha value is -1.30. The predicted molar refractivity (Wildman–Crippen MR) is 90.5 cm³/mol. The van der Waals surface area contributed by atoms with Crippen molar-refractivity contribution in [3.8, 4) is 0 Å². The minimum Gasteiger partial charge on any atom is -0.0693 e. The molecule has 0 N–H and O–H groups in total. The maximum Gasteiger partial charge on any atom is -0.0101 e. The van der Waals surface area contributed by atoms with Crippen molar-refractivity contribution in [1.82, 2.24) is 0 Å². The summed E-state index contributed by atoms with van der Waals surface area (Å²) < 4.78 is 0. The zero-order chi connectivity index (χ0) is 15.3. The van der Waals surface area contributed by atoms with Gasteiger partial charge in [0.15, 0.2) is 0 Å². The molecule has 0 heterocycles. The Kier molecular flexibility index (Phi) is 5.80. The van der Waals surface area contributed by atoms with Gasteiger partial charge in [-0.15, -0.1) is 0 Å². The van der Waals surface area contributed by atoms with E-state index in [2.05, 4.69) is 46.8 Å². The lowest BCUT2D eigenvalue weighted by Gasteiger charge is -2.35. The number of hydrogen-bond acceptors (Lipinski definition) is 0. The van der Waals surface area contributed by atoms with Crippen LogP contribution in [0.5, 0.6) is 0 Å². The fraction of sp³-hybridized carbons (Fsp3) is 0.500. The molecule has 0 bridgehead atoms. The van der Waals surface area contributed by atoms with Crippen molar-refractivity contribution in [1.29, 1.82) is 0 Å². The monoisotopic (exact) mass is 269 g/mol. The summed E-state index contributed by atoms with van der Waals surface area (Å²) in [5.41, 5.74) is 6.93. The summed E-state index contributed by atoms with van der Waals surface area (Å²) in [4.78, 5) is 0. The van der Waals surface area contributed by atoms with E-state index in [9.17, 15) is 0 Å². The minimum atomic E-state index is 0.306. The summed E-state index contributed by atoms with van der Waals surface area (Å²) in [6.07, 6.45) is 12.2. The van der Waals surface area contributed by atoms with E-state index in [0.717, 1.165) is 5.57 Å². The largest absolute Gasteiger partial charge is 0.0693 e. The Morgan fingerprint density at radius 1 is 1.20 bits per heavy atom. The molecule has 1 radical (unpaired) electrons. The van der Waals surface area contributed by atoms with Gasteiger partial charge in [0, 0.05) is 0 Å². The Morgan fingerprint density at radius 2 is 1.85 bits per heavy atom. The van der Waals surface area contributed by atoms with Crippen molar-refractivity contribution in [3.05, 3.63) is 58.7 Å². The van der Waals surface area contributed by atoms with E-state index >= 15 is 0 Å². The fourth-order valence-corrected chi connectivity index (χ4v) is 3.31. The van der Waals surface area contributed by atoms with E-state index in [-0.39, 0.29) is 0 Å². The van der Waals surface area contributed by atoms with Crippen LogP contribution in [0.15, 0.2) is 52.2 Å². The first kappa shape index (κ1) is 16.8. The molecule has 0 atom stereocenters. The lowest BCUT2D eigenvalue weighted by molar-refractivity contribution is 0.372. The van der Waals surface area contributed by atoms with Crippen LogP contribution in [0, 0.1) is 12.0 Å². The van der Waals surface area contributed by atoms with Gasteiger partial charge in [0.2, 0.25) is 0 Å². The molecule has 109 valence electrons. The summed E-state index contributed by atoms with van der Waals surface area (Å²) in [5, 5.41) is 0. The topological polar surface area (TPSA) is 0 Å². The Labute approximate surface area is 125 Å². The highest BCUT2D eigenvalue weighted by molar-refractivity contribution is 5.43. The summed E-state index contributed by atoms with van der Waals surface area (Å²) in [6.45, 7) is 18.9. The lowest BCUT2D eigenvalue weighted by atomic mass is 9.70. The van der Waals surface area contributed by atoms with E-state index in [0.29, 0.717) is 5.41 Å². The minimum absolute atomic E-state index is 0.306. The van der Waals surface area contributed by atoms with Crippen molar-refractivity contribution >= 4 is 0 Å². The van der Waals surface area contributed by atoms with Gasteiger partial charge in [-0.3, -0.25) is 0 Å². The summed E-state index contributed by atoms with van der Waals surface area (Å²) in [6, 6.07) is 0. The smallest absolute Gasteiger partial charge is 0.0101 e. The summed E-state index contributed by atoms with van der Waals surface area (Å²) >= 11 is 0. The van der Waals surface area contributed by atoms with Crippen LogP contribution >= 0.6 is 0 Å². The van der Waals surface area contributed by atoms with Crippen LogP contribution in [0.25, 0.3) is 0 Å². The molecule has 1 rings (SSSR count). The molecular formula is C20H29.